The molecule has 4 heteroatoms. The van der Waals surface area contributed by atoms with Crippen molar-refractivity contribution in [1.29, 1.82) is 0 Å². The van der Waals surface area contributed by atoms with E-state index in [0.717, 1.165) is 29.3 Å². The number of nitrogens with zero attached hydrogens (tertiary/aromatic N) is 1. The molecule has 0 bridgehead atoms. The van der Waals surface area contributed by atoms with Crippen LogP contribution in [-0.2, 0) is 17.8 Å². The summed E-state index contributed by atoms with van der Waals surface area (Å²) >= 11 is 6.03. The van der Waals surface area contributed by atoms with Crippen LogP contribution >= 0.6 is 11.6 Å². The summed E-state index contributed by atoms with van der Waals surface area (Å²) in [7, 11) is 0. The first-order valence-corrected chi connectivity index (χ1v) is 6.19. The Morgan fingerprint density at radius 1 is 1.41 bits per heavy atom. The van der Waals surface area contributed by atoms with E-state index < -0.39 is 0 Å². The Kier molecular flexibility index (Phi) is 4.05. The summed E-state index contributed by atoms with van der Waals surface area (Å²) in [5, 5.41) is 1.92. The molecule has 3 nitrogen and oxygen atoms in total. The number of benzene rings is 1. The van der Waals surface area contributed by atoms with E-state index in [-0.39, 0.29) is 0 Å². The molecule has 0 atom stereocenters. The molecular formula is C13H17ClN2O. The highest BCUT2D eigenvalue weighted by Gasteiger charge is 2.07. The van der Waals surface area contributed by atoms with Gasteiger partial charge in [0.25, 0.3) is 0 Å². The SMILES string of the molecule is CCOCCn1cc(CN)c2ccc(Cl)cc21. The largest absolute Gasteiger partial charge is 0.380 e. The second-order valence-corrected chi connectivity index (χ2v) is 4.35. The third-order valence-corrected chi connectivity index (χ3v) is 3.06. The fraction of sp³-hybridized carbons (Fsp3) is 0.385. The fourth-order valence-electron chi connectivity index (χ4n) is 2.00. The molecule has 2 rings (SSSR count). The molecule has 0 saturated carbocycles. The van der Waals surface area contributed by atoms with E-state index in [1.165, 1.54) is 5.39 Å². The molecule has 0 saturated heterocycles. The third kappa shape index (κ3) is 2.63. The Hall–Kier alpha value is -1.03. The topological polar surface area (TPSA) is 40.2 Å². The molecule has 1 aromatic carbocycles. The molecule has 0 aliphatic rings. The van der Waals surface area contributed by atoms with Crippen molar-refractivity contribution in [3.05, 3.63) is 35.0 Å². The smallest absolute Gasteiger partial charge is 0.0645 e. The van der Waals surface area contributed by atoms with Crippen molar-refractivity contribution in [2.45, 2.75) is 20.0 Å². The maximum absolute atomic E-state index is 6.03. The molecule has 0 spiro atoms. The number of ether oxygens (including phenoxy) is 1. The average Bonchev–Trinajstić information content (AvgIpc) is 2.67. The minimum atomic E-state index is 0.541. The quantitative estimate of drug-likeness (QED) is 0.832. The summed E-state index contributed by atoms with van der Waals surface area (Å²) < 4.78 is 7.53. The monoisotopic (exact) mass is 252 g/mol. The van der Waals surface area contributed by atoms with Crippen LogP contribution in [0.1, 0.15) is 12.5 Å². The zero-order valence-electron chi connectivity index (χ0n) is 9.95. The molecule has 92 valence electrons. The fourth-order valence-corrected chi connectivity index (χ4v) is 2.16. The summed E-state index contributed by atoms with van der Waals surface area (Å²) in [6.45, 7) is 4.81. The van der Waals surface area contributed by atoms with Crippen molar-refractivity contribution in [1.82, 2.24) is 4.57 Å². The number of nitrogens with two attached hydrogens (primary N) is 1. The van der Waals surface area contributed by atoms with Crippen molar-refractivity contribution in [3.8, 4) is 0 Å². The Morgan fingerprint density at radius 2 is 2.24 bits per heavy atom. The minimum absolute atomic E-state index is 0.541. The van der Waals surface area contributed by atoms with Gasteiger partial charge in [0.15, 0.2) is 0 Å². The minimum Gasteiger partial charge on any atom is -0.380 e. The lowest BCUT2D eigenvalue weighted by molar-refractivity contribution is 0.140. The predicted octanol–water partition coefficient (Wildman–Crippen LogP) is 2.79. The lowest BCUT2D eigenvalue weighted by Crippen LogP contribution is -2.04. The van der Waals surface area contributed by atoms with Gasteiger partial charge in [-0.05, 0) is 24.6 Å². The maximum Gasteiger partial charge on any atom is 0.0645 e. The molecule has 0 aliphatic heterocycles. The van der Waals surface area contributed by atoms with Crippen LogP contribution in [0.15, 0.2) is 24.4 Å². The molecule has 0 aliphatic carbocycles. The Labute approximate surface area is 106 Å². The maximum atomic E-state index is 6.03. The standard InChI is InChI=1S/C13H17ClN2O/c1-2-17-6-5-16-9-10(8-15)12-4-3-11(14)7-13(12)16/h3-4,7,9H,2,5-6,8,15H2,1H3. The van der Waals surface area contributed by atoms with Gasteiger partial charge in [0.2, 0.25) is 0 Å². The molecular weight excluding hydrogens is 236 g/mol. The molecule has 1 heterocycles. The van der Waals surface area contributed by atoms with Crippen LogP contribution in [0.25, 0.3) is 10.9 Å². The van der Waals surface area contributed by atoms with Crippen LogP contribution in [0.3, 0.4) is 0 Å². The number of fused-ring (bicyclic) bond motifs is 1. The van der Waals surface area contributed by atoms with E-state index in [4.69, 9.17) is 22.1 Å². The van der Waals surface area contributed by atoms with Gasteiger partial charge in [0.1, 0.15) is 0 Å². The first-order chi connectivity index (χ1) is 8.26. The summed E-state index contributed by atoms with van der Waals surface area (Å²) in [6.07, 6.45) is 2.08. The van der Waals surface area contributed by atoms with Crippen LogP contribution in [0.5, 0.6) is 0 Å². The predicted molar refractivity (Wildman–Crippen MR) is 71.3 cm³/mol. The highest BCUT2D eigenvalue weighted by atomic mass is 35.5. The summed E-state index contributed by atoms with van der Waals surface area (Å²) in [5.41, 5.74) is 8.01. The number of rotatable bonds is 5. The first kappa shape index (κ1) is 12.4. The Bertz CT molecular complexity index is 507. The van der Waals surface area contributed by atoms with E-state index in [1.807, 2.05) is 25.1 Å². The number of aromatic nitrogens is 1. The van der Waals surface area contributed by atoms with Gasteiger partial charge in [0.05, 0.1) is 6.61 Å². The second kappa shape index (κ2) is 5.54. The molecule has 17 heavy (non-hydrogen) atoms. The van der Waals surface area contributed by atoms with Crippen LogP contribution in [0.2, 0.25) is 5.02 Å². The molecule has 0 radical (unpaired) electrons. The van der Waals surface area contributed by atoms with Crippen molar-refractivity contribution >= 4 is 22.5 Å². The van der Waals surface area contributed by atoms with Gasteiger partial charge in [-0.15, -0.1) is 0 Å². The summed E-state index contributed by atoms with van der Waals surface area (Å²) in [6, 6.07) is 5.90. The van der Waals surface area contributed by atoms with Gasteiger partial charge in [-0.1, -0.05) is 17.7 Å². The van der Waals surface area contributed by atoms with Gasteiger partial charge >= 0.3 is 0 Å². The van der Waals surface area contributed by atoms with Gasteiger partial charge in [-0.2, -0.15) is 0 Å². The van der Waals surface area contributed by atoms with Gasteiger partial charge in [0, 0.05) is 41.8 Å². The van der Waals surface area contributed by atoms with Crippen molar-refractivity contribution in [3.63, 3.8) is 0 Å². The van der Waals surface area contributed by atoms with Crippen LogP contribution in [-0.4, -0.2) is 17.8 Å². The van der Waals surface area contributed by atoms with E-state index in [9.17, 15) is 0 Å². The highest BCUT2D eigenvalue weighted by Crippen LogP contribution is 2.24. The normalized spacial score (nSPS) is 11.2. The van der Waals surface area contributed by atoms with Crippen molar-refractivity contribution in [2.24, 2.45) is 5.73 Å². The lowest BCUT2D eigenvalue weighted by Gasteiger charge is -2.05. The molecule has 2 aromatic rings. The van der Waals surface area contributed by atoms with E-state index in [0.29, 0.717) is 13.2 Å². The lowest BCUT2D eigenvalue weighted by atomic mass is 10.2. The molecule has 0 amide bonds. The molecule has 1 aromatic heterocycles. The molecule has 0 fully saturated rings. The zero-order chi connectivity index (χ0) is 12.3. The van der Waals surface area contributed by atoms with Gasteiger partial charge < -0.3 is 15.0 Å². The summed E-state index contributed by atoms with van der Waals surface area (Å²) in [5.74, 6) is 0. The summed E-state index contributed by atoms with van der Waals surface area (Å²) in [4.78, 5) is 0. The zero-order valence-corrected chi connectivity index (χ0v) is 10.7. The number of hydrogen-bond acceptors (Lipinski definition) is 2. The van der Waals surface area contributed by atoms with E-state index >= 15 is 0 Å². The van der Waals surface area contributed by atoms with Crippen LogP contribution < -0.4 is 5.73 Å². The van der Waals surface area contributed by atoms with E-state index in [1.54, 1.807) is 0 Å². The Morgan fingerprint density at radius 3 is 2.94 bits per heavy atom. The molecule has 2 N–H and O–H groups in total. The first-order valence-electron chi connectivity index (χ1n) is 5.81. The van der Waals surface area contributed by atoms with Gasteiger partial charge in [-0.25, -0.2) is 0 Å². The van der Waals surface area contributed by atoms with E-state index in [2.05, 4.69) is 10.8 Å². The second-order valence-electron chi connectivity index (χ2n) is 3.91. The third-order valence-electron chi connectivity index (χ3n) is 2.83. The van der Waals surface area contributed by atoms with Crippen molar-refractivity contribution in [2.75, 3.05) is 13.2 Å². The van der Waals surface area contributed by atoms with Crippen molar-refractivity contribution < 1.29 is 4.74 Å². The molecule has 0 unspecified atom stereocenters. The van der Waals surface area contributed by atoms with Gasteiger partial charge in [-0.3, -0.25) is 0 Å². The van der Waals surface area contributed by atoms with Crippen LogP contribution in [0, 0.1) is 0 Å². The number of halogens is 1. The van der Waals surface area contributed by atoms with Crippen LogP contribution in [0.4, 0.5) is 0 Å². The number of hydrogen-bond donors (Lipinski definition) is 1. The average molecular weight is 253 g/mol. The Balaban J connectivity index is 2.36. The highest BCUT2D eigenvalue weighted by molar-refractivity contribution is 6.31.